The highest BCUT2D eigenvalue weighted by Crippen LogP contribution is 2.35. The maximum atomic E-state index is 12.9. The van der Waals surface area contributed by atoms with Crippen molar-refractivity contribution < 1.29 is 22.7 Å². The number of rotatable bonds is 5. The predicted molar refractivity (Wildman–Crippen MR) is 79.4 cm³/mol. The van der Waals surface area contributed by atoms with Crippen LogP contribution in [0.4, 0.5) is 18.9 Å². The number of benzene rings is 1. The van der Waals surface area contributed by atoms with Crippen molar-refractivity contribution in [1.29, 1.82) is 0 Å². The van der Waals surface area contributed by atoms with Gasteiger partial charge in [-0.15, -0.1) is 0 Å². The summed E-state index contributed by atoms with van der Waals surface area (Å²) in [4.78, 5) is 15.9. The molecule has 0 aliphatic heterocycles. The lowest BCUT2D eigenvalue weighted by atomic mass is 10.1. The fourth-order valence-corrected chi connectivity index (χ4v) is 1.84. The molecule has 1 amide bonds. The highest BCUT2D eigenvalue weighted by Gasteiger charge is 2.31. The summed E-state index contributed by atoms with van der Waals surface area (Å²) in [6, 6.07) is 5.93. The van der Waals surface area contributed by atoms with E-state index in [1.54, 1.807) is 0 Å². The van der Waals surface area contributed by atoms with Crippen molar-refractivity contribution in [1.82, 2.24) is 4.98 Å². The van der Waals surface area contributed by atoms with Gasteiger partial charge in [0, 0.05) is 18.0 Å². The number of carbonyl (C=O) groups is 1. The third-order valence-corrected chi connectivity index (χ3v) is 2.96. The molecule has 0 atom stereocenters. The van der Waals surface area contributed by atoms with Crippen LogP contribution in [-0.2, 0) is 6.18 Å². The minimum atomic E-state index is -4.50. The number of halogens is 3. The van der Waals surface area contributed by atoms with Crippen molar-refractivity contribution >= 4 is 11.6 Å². The summed E-state index contributed by atoms with van der Waals surface area (Å²) >= 11 is 0. The summed E-state index contributed by atoms with van der Waals surface area (Å²) in [6.07, 6.45) is -0.955. The molecule has 7 heteroatoms. The number of carbonyl (C=O) groups excluding carboxylic acids is 1. The molecule has 0 saturated carbocycles. The van der Waals surface area contributed by atoms with Crippen LogP contribution in [-0.4, -0.2) is 17.5 Å². The summed E-state index contributed by atoms with van der Waals surface area (Å²) in [5, 5.41) is 2.46. The minimum absolute atomic E-state index is 0.0184. The quantitative estimate of drug-likeness (QED) is 0.899. The average Bonchev–Trinajstić information content (AvgIpc) is 2.53. The fraction of sp³-hybridized carbons (Fsp3) is 0.250. The topological polar surface area (TPSA) is 51.2 Å². The van der Waals surface area contributed by atoms with Gasteiger partial charge in [0.05, 0.1) is 17.9 Å². The molecule has 0 fully saturated rings. The van der Waals surface area contributed by atoms with Gasteiger partial charge in [0.15, 0.2) is 0 Å². The second-order valence-corrected chi connectivity index (χ2v) is 4.75. The Kier molecular flexibility index (Phi) is 5.20. The first-order chi connectivity index (χ1) is 10.9. The maximum Gasteiger partial charge on any atom is 0.416 e. The smallest absolute Gasteiger partial charge is 0.416 e. The molecule has 0 spiro atoms. The zero-order valence-corrected chi connectivity index (χ0v) is 12.4. The van der Waals surface area contributed by atoms with Crippen molar-refractivity contribution in [3.05, 3.63) is 53.9 Å². The van der Waals surface area contributed by atoms with Gasteiger partial charge in [-0.05, 0) is 36.8 Å². The van der Waals surface area contributed by atoms with Crippen LogP contribution in [0.2, 0.25) is 0 Å². The molecule has 1 aromatic heterocycles. The molecule has 1 aromatic carbocycles. The highest BCUT2D eigenvalue weighted by atomic mass is 19.4. The first kappa shape index (κ1) is 16.8. The van der Waals surface area contributed by atoms with E-state index < -0.39 is 17.6 Å². The second-order valence-electron chi connectivity index (χ2n) is 4.75. The highest BCUT2D eigenvalue weighted by molar-refractivity contribution is 6.05. The zero-order chi connectivity index (χ0) is 16.9. The van der Waals surface area contributed by atoms with E-state index in [1.807, 2.05) is 6.92 Å². The first-order valence-electron chi connectivity index (χ1n) is 6.97. The van der Waals surface area contributed by atoms with Crippen LogP contribution < -0.4 is 10.1 Å². The predicted octanol–water partition coefficient (Wildman–Crippen LogP) is 4.14. The number of ether oxygens (including phenoxy) is 1. The number of aromatic nitrogens is 1. The van der Waals surface area contributed by atoms with Gasteiger partial charge in [0.1, 0.15) is 5.75 Å². The molecule has 0 bridgehead atoms. The van der Waals surface area contributed by atoms with Gasteiger partial charge >= 0.3 is 6.18 Å². The second kappa shape index (κ2) is 7.13. The number of pyridine rings is 1. The number of amides is 1. The molecule has 122 valence electrons. The molecule has 0 saturated heterocycles. The third kappa shape index (κ3) is 4.45. The summed E-state index contributed by atoms with van der Waals surface area (Å²) in [7, 11) is 0. The van der Waals surface area contributed by atoms with Gasteiger partial charge in [0.25, 0.3) is 5.91 Å². The van der Waals surface area contributed by atoms with E-state index in [0.29, 0.717) is 18.6 Å². The molecular weight excluding hydrogens is 309 g/mol. The van der Waals surface area contributed by atoms with Crippen molar-refractivity contribution in [2.75, 3.05) is 11.9 Å². The number of hydrogen-bond donors (Lipinski definition) is 1. The Labute approximate surface area is 131 Å². The minimum Gasteiger partial charge on any atom is -0.491 e. The Balaban J connectivity index is 2.31. The Morgan fingerprint density at radius 2 is 1.91 bits per heavy atom. The van der Waals surface area contributed by atoms with Gasteiger partial charge in [-0.1, -0.05) is 6.92 Å². The molecule has 2 rings (SSSR count). The summed E-state index contributed by atoms with van der Waals surface area (Å²) < 4.78 is 43.9. The lowest BCUT2D eigenvalue weighted by molar-refractivity contribution is -0.137. The molecule has 0 aliphatic rings. The largest absolute Gasteiger partial charge is 0.491 e. The van der Waals surface area contributed by atoms with Crippen LogP contribution in [0.25, 0.3) is 0 Å². The number of nitrogens with zero attached hydrogens (tertiary/aromatic N) is 1. The van der Waals surface area contributed by atoms with E-state index in [0.717, 1.165) is 12.1 Å². The van der Waals surface area contributed by atoms with Crippen molar-refractivity contribution in [3.8, 4) is 5.75 Å². The van der Waals surface area contributed by atoms with E-state index in [4.69, 9.17) is 4.74 Å². The maximum absolute atomic E-state index is 12.9. The van der Waals surface area contributed by atoms with Crippen LogP contribution in [0.15, 0.2) is 42.7 Å². The van der Waals surface area contributed by atoms with E-state index in [-0.39, 0.29) is 11.4 Å². The Hall–Kier alpha value is -2.57. The molecule has 2 aromatic rings. The summed E-state index contributed by atoms with van der Waals surface area (Å²) in [5.74, 6) is -0.338. The van der Waals surface area contributed by atoms with E-state index in [1.165, 1.54) is 30.6 Å². The molecule has 4 nitrogen and oxygen atoms in total. The Bertz CT molecular complexity index is 673. The monoisotopic (exact) mass is 324 g/mol. The van der Waals surface area contributed by atoms with Crippen LogP contribution in [0.5, 0.6) is 5.75 Å². The zero-order valence-electron chi connectivity index (χ0n) is 12.4. The van der Waals surface area contributed by atoms with Crippen molar-refractivity contribution in [2.45, 2.75) is 19.5 Å². The molecular formula is C16H15F3N2O2. The van der Waals surface area contributed by atoms with Crippen LogP contribution in [0.3, 0.4) is 0 Å². The lowest BCUT2D eigenvalue weighted by Crippen LogP contribution is -2.14. The summed E-state index contributed by atoms with van der Waals surface area (Å²) in [5.41, 5.74) is -0.583. The van der Waals surface area contributed by atoms with Crippen molar-refractivity contribution in [3.63, 3.8) is 0 Å². The van der Waals surface area contributed by atoms with Crippen LogP contribution in [0.1, 0.15) is 29.3 Å². The molecule has 0 aliphatic carbocycles. The molecule has 0 unspecified atom stereocenters. The molecule has 0 radical (unpaired) electrons. The Morgan fingerprint density at radius 3 is 2.52 bits per heavy atom. The normalized spacial score (nSPS) is 11.1. The number of anilines is 1. The third-order valence-electron chi connectivity index (χ3n) is 2.96. The van der Waals surface area contributed by atoms with Gasteiger partial charge in [-0.2, -0.15) is 13.2 Å². The number of alkyl halides is 3. The Morgan fingerprint density at radius 1 is 1.22 bits per heavy atom. The molecule has 1 heterocycles. The van der Waals surface area contributed by atoms with E-state index >= 15 is 0 Å². The number of nitrogens with one attached hydrogen (secondary N) is 1. The molecule has 1 N–H and O–H groups in total. The van der Waals surface area contributed by atoms with Crippen molar-refractivity contribution in [2.24, 2.45) is 0 Å². The van der Waals surface area contributed by atoms with E-state index in [2.05, 4.69) is 10.3 Å². The van der Waals surface area contributed by atoms with Crippen LogP contribution in [0, 0.1) is 0 Å². The van der Waals surface area contributed by atoms with Crippen LogP contribution >= 0.6 is 0 Å². The van der Waals surface area contributed by atoms with Gasteiger partial charge in [-0.25, -0.2) is 0 Å². The lowest BCUT2D eigenvalue weighted by Gasteiger charge is -2.15. The van der Waals surface area contributed by atoms with Gasteiger partial charge < -0.3 is 10.1 Å². The van der Waals surface area contributed by atoms with Gasteiger partial charge in [0.2, 0.25) is 0 Å². The number of hydrogen-bond acceptors (Lipinski definition) is 3. The van der Waals surface area contributed by atoms with E-state index in [9.17, 15) is 18.0 Å². The van der Waals surface area contributed by atoms with Gasteiger partial charge in [-0.3, -0.25) is 9.78 Å². The standard InChI is InChI=1S/C16H15F3N2O2/c1-2-9-23-14-4-3-12(16(17,18)19)10-13(14)21-15(22)11-5-7-20-8-6-11/h3-8,10H,2,9H2,1H3,(H,21,22). The average molecular weight is 324 g/mol. The first-order valence-corrected chi connectivity index (χ1v) is 6.97. The SMILES string of the molecule is CCCOc1ccc(C(F)(F)F)cc1NC(=O)c1ccncc1. The fourth-order valence-electron chi connectivity index (χ4n) is 1.84. The summed E-state index contributed by atoms with van der Waals surface area (Å²) in [6.45, 7) is 2.21. The molecule has 23 heavy (non-hydrogen) atoms.